The van der Waals surface area contributed by atoms with Crippen LogP contribution in [0.4, 0.5) is 17.6 Å². The Labute approximate surface area is 81.7 Å². The Balaban J connectivity index is 3.12. The molecule has 0 bridgehead atoms. The van der Waals surface area contributed by atoms with Gasteiger partial charge in [0.05, 0.1) is 12.7 Å². The highest BCUT2D eigenvalue weighted by atomic mass is 19.4. The number of hydrogen-bond donors (Lipinski definition) is 0. The smallest absolute Gasteiger partial charge is 0.455 e. The van der Waals surface area contributed by atoms with E-state index < -0.39 is 23.5 Å². The fourth-order valence-electron chi connectivity index (χ4n) is 0.853. The molecule has 0 unspecified atom stereocenters. The molecule has 0 aliphatic heterocycles. The fourth-order valence-corrected chi connectivity index (χ4v) is 0.853. The molecule has 0 saturated heterocycles. The molecule has 0 N–H and O–H groups in total. The topological polar surface area (TPSA) is 39.2 Å². The molecule has 0 amide bonds. The van der Waals surface area contributed by atoms with Crippen LogP contribution in [-0.4, -0.2) is 24.1 Å². The second kappa shape index (κ2) is 3.84. The number of ether oxygens (including phenoxy) is 1. The number of halogens is 4. The normalized spacial score (nSPS) is 11.3. The number of rotatable bonds is 2. The lowest BCUT2D eigenvalue weighted by Crippen LogP contribution is -2.24. The van der Waals surface area contributed by atoms with Gasteiger partial charge in [0, 0.05) is 6.07 Å². The molecular formula is C8H5F4NO2. The predicted octanol–water partition coefficient (Wildman–Crippen LogP) is 1.97. The lowest BCUT2D eigenvalue weighted by molar-refractivity contribution is -0.0888. The van der Waals surface area contributed by atoms with Crippen LogP contribution in [0.3, 0.4) is 0 Å². The van der Waals surface area contributed by atoms with Crippen molar-refractivity contribution in [2.75, 3.05) is 7.11 Å². The van der Waals surface area contributed by atoms with E-state index in [-0.39, 0.29) is 5.88 Å². The van der Waals surface area contributed by atoms with Gasteiger partial charge in [-0.25, -0.2) is 0 Å². The number of carbonyl (C=O) groups excluding carboxylic acids is 1. The maximum atomic E-state index is 12.9. The van der Waals surface area contributed by atoms with Crippen molar-refractivity contribution in [1.29, 1.82) is 0 Å². The van der Waals surface area contributed by atoms with Crippen LogP contribution in [0, 0.1) is 5.95 Å². The summed E-state index contributed by atoms with van der Waals surface area (Å²) in [6, 6.07) is 1.65. The molecule has 82 valence electrons. The van der Waals surface area contributed by atoms with Gasteiger partial charge in [0.15, 0.2) is 0 Å². The Bertz CT molecular complexity index is 389. The van der Waals surface area contributed by atoms with Gasteiger partial charge in [-0.3, -0.25) is 4.79 Å². The van der Waals surface area contributed by atoms with E-state index in [2.05, 4.69) is 9.72 Å². The van der Waals surface area contributed by atoms with E-state index in [1.807, 2.05) is 0 Å². The largest absolute Gasteiger partial charge is 0.481 e. The number of Topliss-reactive ketones (excluding diaryl/α,β-unsaturated/α-hetero) is 1. The zero-order chi connectivity index (χ0) is 11.6. The molecule has 0 saturated carbocycles. The number of alkyl halides is 3. The van der Waals surface area contributed by atoms with E-state index in [1.165, 1.54) is 7.11 Å². The van der Waals surface area contributed by atoms with Gasteiger partial charge >= 0.3 is 6.18 Å². The van der Waals surface area contributed by atoms with Crippen LogP contribution in [0.2, 0.25) is 0 Å². The lowest BCUT2D eigenvalue weighted by atomic mass is 10.2. The van der Waals surface area contributed by atoms with Crippen molar-refractivity contribution in [2.45, 2.75) is 6.18 Å². The molecule has 0 radical (unpaired) electrons. The van der Waals surface area contributed by atoms with Gasteiger partial charge in [0.1, 0.15) is 0 Å². The molecule has 0 spiro atoms. The van der Waals surface area contributed by atoms with Crippen LogP contribution in [0.1, 0.15) is 10.4 Å². The van der Waals surface area contributed by atoms with Crippen LogP contribution in [0.15, 0.2) is 12.1 Å². The third-order valence-electron chi connectivity index (χ3n) is 1.53. The van der Waals surface area contributed by atoms with E-state index >= 15 is 0 Å². The van der Waals surface area contributed by atoms with E-state index in [1.54, 1.807) is 0 Å². The third kappa shape index (κ3) is 2.42. The molecule has 1 rings (SSSR count). The van der Waals surface area contributed by atoms with E-state index in [0.717, 1.165) is 6.07 Å². The van der Waals surface area contributed by atoms with Crippen molar-refractivity contribution in [3.05, 3.63) is 23.6 Å². The molecule has 15 heavy (non-hydrogen) atoms. The Hall–Kier alpha value is -1.66. The number of nitrogens with zero attached hydrogens (tertiary/aromatic N) is 1. The molecule has 3 nitrogen and oxygen atoms in total. The quantitative estimate of drug-likeness (QED) is 0.437. The molecule has 1 heterocycles. The highest BCUT2D eigenvalue weighted by Gasteiger charge is 2.41. The summed E-state index contributed by atoms with van der Waals surface area (Å²) >= 11 is 0. The van der Waals surface area contributed by atoms with Gasteiger partial charge in [-0.2, -0.15) is 22.5 Å². The molecule has 1 aromatic heterocycles. The first-order valence-corrected chi connectivity index (χ1v) is 3.68. The summed E-state index contributed by atoms with van der Waals surface area (Å²) in [6.07, 6.45) is -5.11. The molecule has 0 aliphatic carbocycles. The minimum atomic E-state index is -5.11. The number of carbonyl (C=O) groups is 1. The van der Waals surface area contributed by atoms with Crippen LogP contribution < -0.4 is 4.74 Å². The molecular weight excluding hydrogens is 218 g/mol. The number of aromatic nitrogens is 1. The van der Waals surface area contributed by atoms with Crippen molar-refractivity contribution in [3.8, 4) is 5.88 Å². The molecule has 0 fully saturated rings. The average molecular weight is 223 g/mol. The van der Waals surface area contributed by atoms with Gasteiger partial charge in [0.25, 0.3) is 5.78 Å². The average Bonchev–Trinajstić information content (AvgIpc) is 2.15. The van der Waals surface area contributed by atoms with Crippen molar-refractivity contribution in [3.63, 3.8) is 0 Å². The summed E-state index contributed by atoms with van der Waals surface area (Å²) in [7, 11) is 1.17. The van der Waals surface area contributed by atoms with Gasteiger partial charge < -0.3 is 4.74 Å². The third-order valence-corrected chi connectivity index (χ3v) is 1.53. The minimum Gasteiger partial charge on any atom is -0.481 e. The molecule has 0 aliphatic rings. The summed E-state index contributed by atoms with van der Waals surface area (Å²) in [4.78, 5) is 13.7. The van der Waals surface area contributed by atoms with Crippen molar-refractivity contribution in [2.24, 2.45) is 0 Å². The second-order valence-electron chi connectivity index (χ2n) is 2.52. The zero-order valence-electron chi connectivity index (χ0n) is 7.43. The molecule has 7 heteroatoms. The monoisotopic (exact) mass is 223 g/mol. The maximum absolute atomic E-state index is 12.9. The van der Waals surface area contributed by atoms with Crippen LogP contribution >= 0.6 is 0 Å². The Morgan fingerprint density at radius 3 is 2.40 bits per heavy atom. The van der Waals surface area contributed by atoms with E-state index in [9.17, 15) is 22.4 Å². The predicted molar refractivity (Wildman–Crippen MR) is 41.1 cm³/mol. The number of hydrogen-bond acceptors (Lipinski definition) is 3. The van der Waals surface area contributed by atoms with Gasteiger partial charge in [-0.15, -0.1) is 0 Å². The molecule has 0 aromatic carbocycles. The Morgan fingerprint density at radius 1 is 1.40 bits per heavy atom. The number of methoxy groups -OCH3 is 1. The molecule has 1 aromatic rings. The SMILES string of the molecule is COc1ccc(C(=O)C(F)(F)F)c(F)n1. The van der Waals surface area contributed by atoms with E-state index in [0.29, 0.717) is 6.07 Å². The maximum Gasteiger partial charge on any atom is 0.455 e. The summed E-state index contributed by atoms with van der Waals surface area (Å²) in [6.45, 7) is 0. The highest BCUT2D eigenvalue weighted by molar-refractivity contribution is 6.00. The summed E-state index contributed by atoms with van der Waals surface area (Å²) in [5.74, 6) is -3.97. The van der Waals surface area contributed by atoms with Crippen molar-refractivity contribution in [1.82, 2.24) is 4.98 Å². The minimum absolute atomic E-state index is 0.203. The van der Waals surface area contributed by atoms with Crippen molar-refractivity contribution >= 4 is 5.78 Å². The Kier molecular flexibility index (Phi) is 2.92. The fraction of sp³-hybridized carbons (Fsp3) is 0.250. The van der Waals surface area contributed by atoms with Crippen LogP contribution in [-0.2, 0) is 0 Å². The van der Waals surface area contributed by atoms with E-state index in [4.69, 9.17) is 0 Å². The van der Waals surface area contributed by atoms with Crippen LogP contribution in [0.5, 0.6) is 5.88 Å². The zero-order valence-corrected chi connectivity index (χ0v) is 7.43. The number of pyridine rings is 1. The first-order valence-electron chi connectivity index (χ1n) is 3.68. The molecule has 0 atom stereocenters. The first-order chi connectivity index (χ1) is 6.86. The highest BCUT2D eigenvalue weighted by Crippen LogP contribution is 2.23. The lowest BCUT2D eigenvalue weighted by Gasteiger charge is -2.06. The summed E-state index contributed by atoms with van der Waals surface area (Å²) in [5.41, 5.74) is -1.12. The van der Waals surface area contributed by atoms with Crippen molar-refractivity contribution < 1.29 is 27.1 Å². The standard InChI is InChI=1S/C8H5F4NO2/c1-15-5-3-2-4(7(9)13-5)6(14)8(10,11)12/h2-3H,1H3. The summed E-state index contributed by atoms with van der Waals surface area (Å²) < 4.78 is 53.1. The second-order valence-corrected chi connectivity index (χ2v) is 2.52. The summed E-state index contributed by atoms with van der Waals surface area (Å²) in [5, 5.41) is 0. The first kappa shape index (κ1) is 11.4. The van der Waals surface area contributed by atoms with Gasteiger partial charge in [-0.1, -0.05) is 0 Å². The van der Waals surface area contributed by atoms with Gasteiger partial charge in [-0.05, 0) is 6.07 Å². The van der Waals surface area contributed by atoms with Crippen LogP contribution in [0.25, 0.3) is 0 Å². The van der Waals surface area contributed by atoms with Gasteiger partial charge in [0.2, 0.25) is 11.8 Å². The number of ketones is 1. The Morgan fingerprint density at radius 2 is 2.00 bits per heavy atom.